The van der Waals surface area contributed by atoms with Gasteiger partial charge < -0.3 is 0 Å². The van der Waals surface area contributed by atoms with Crippen LogP contribution in [0.15, 0.2) is 0 Å². The smallest absolute Gasteiger partial charge is 0.298 e. The van der Waals surface area contributed by atoms with Crippen LogP contribution in [0, 0.1) is 11.8 Å². The average Bonchev–Trinajstić information content (AvgIpc) is 2.38. The van der Waals surface area contributed by atoms with Crippen molar-refractivity contribution in [2.45, 2.75) is 51.7 Å². The average molecular weight is 292 g/mol. The van der Waals surface area contributed by atoms with E-state index in [2.05, 4.69) is 18.7 Å². The zero-order valence-corrected chi connectivity index (χ0v) is 12.6. The van der Waals surface area contributed by atoms with E-state index in [0.29, 0.717) is 19.1 Å². The molecule has 1 saturated carbocycles. The number of rotatable bonds is 3. The third-order valence-electron chi connectivity index (χ3n) is 5.01. The lowest BCUT2D eigenvalue weighted by atomic mass is 9.79. The Balaban J connectivity index is 1.72. The van der Waals surface area contributed by atoms with E-state index in [9.17, 15) is 13.2 Å². The van der Waals surface area contributed by atoms with E-state index >= 15 is 0 Å². The van der Waals surface area contributed by atoms with Gasteiger partial charge in [-0.15, -0.1) is 0 Å². The molecule has 1 heterocycles. The fourth-order valence-corrected chi connectivity index (χ4v) is 3.67. The normalized spacial score (nSPS) is 30.9. The number of alkyl halides is 3. The van der Waals surface area contributed by atoms with E-state index in [-0.39, 0.29) is 0 Å². The molecule has 0 spiro atoms. The maximum absolute atomic E-state index is 12.4. The fraction of sp³-hybridized carbons (Fsp3) is 1.00. The van der Waals surface area contributed by atoms with Crippen molar-refractivity contribution in [1.29, 1.82) is 0 Å². The molecule has 0 amide bonds. The van der Waals surface area contributed by atoms with E-state index in [4.69, 9.17) is 0 Å². The number of halogens is 3. The number of hydrogen-bond donors (Lipinski definition) is 0. The van der Waals surface area contributed by atoms with Gasteiger partial charge in [0.2, 0.25) is 0 Å². The SMILES string of the molecule is CC(C)C1CCC(N2CCN(CC(F)(F)F)CC2)CC1. The van der Waals surface area contributed by atoms with Crippen LogP contribution >= 0.6 is 0 Å². The van der Waals surface area contributed by atoms with Crippen LogP contribution in [0.5, 0.6) is 0 Å². The Morgan fingerprint density at radius 2 is 1.50 bits per heavy atom. The van der Waals surface area contributed by atoms with Crippen molar-refractivity contribution in [2.75, 3.05) is 32.7 Å². The Labute approximate surface area is 120 Å². The van der Waals surface area contributed by atoms with Crippen LogP contribution < -0.4 is 0 Å². The van der Waals surface area contributed by atoms with Crippen molar-refractivity contribution in [3.05, 3.63) is 0 Å². The summed E-state index contributed by atoms with van der Waals surface area (Å²) >= 11 is 0. The first-order valence-electron chi connectivity index (χ1n) is 7.88. The summed E-state index contributed by atoms with van der Waals surface area (Å²) in [4.78, 5) is 3.96. The maximum Gasteiger partial charge on any atom is 0.401 e. The van der Waals surface area contributed by atoms with Crippen molar-refractivity contribution in [1.82, 2.24) is 9.80 Å². The van der Waals surface area contributed by atoms with Crippen molar-refractivity contribution < 1.29 is 13.2 Å². The highest BCUT2D eigenvalue weighted by Gasteiger charge is 2.34. The van der Waals surface area contributed by atoms with Gasteiger partial charge in [-0.05, 0) is 37.5 Å². The number of nitrogens with zero attached hydrogens (tertiary/aromatic N) is 2. The van der Waals surface area contributed by atoms with Gasteiger partial charge in [0, 0.05) is 32.2 Å². The Morgan fingerprint density at radius 3 is 1.95 bits per heavy atom. The molecule has 0 aromatic rings. The first-order valence-corrected chi connectivity index (χ1v) is 7.88. The molecular formula is C15H27F3N2. The Hall–Kier alpha value is -0.290. The Kier molecular flexibility index (Phi) is 5.35. The van der Waals surface area contributed by atoms with E-state index < -0.39 is 12.7 Å². The first kappa shape index (κ1) is 16.1. The minimum Gasteiger partial charge on any atom is -0.298 e. The largest absolute Gasteiger partial charge is 0.401 e. The summed E-state index contributed by atoms with van der Waals surface area (Å²) in [5, 5.41) is 0. The van der Waals surface area contributed by atoms with Gasteiger partial charge in [0.1, 0.15) is 0 Å². The van der Waals surface area contributed by atoms with Gasteiger partial charge in [-0.2, -0.15) is 13.2 Å². The van der Waals surface area contributed by atoms with Crippen LogP contribution in [0.2, 0.25) is 0 Å². The quantitative estimate of drug-likeness (QED) is 0.787. The van der Waals surface area contributed by atoms with Gasteiger partial charge in [0.25, 0.3) is 0 Å². The summed E-state index contributed by atoms with van der Waals surface area (Å²) < 4.78 is 37.1. The summed E-state index contributed by atoms with van der Waals surface area (Å²) in [6, 6.07) is 0.609. The molecule has 0 aromatic heterocycles. The van der Waals surface area contributed by atoms with E-state index in [0.717, 1.165) is 24.9 Å². The van der Waals surface area contributed by atoms with E-state index in [1.165, 1.54) is 30.6 Å². The predicted octanol–water partition coefficient (Wildman–Crippen LogP) is 3.38. The lowest BCUT2D eigenvalue weighted by Gasteiger charge is -2.42. The number of hydrogen-bond acceptors (Lipinski definition) is 2. The predicted molar refractivity (Wildman–Crippen MR) is 74.7 cm³/mol. The molecule has 0 N–H and O–H groups in total. The Morgan fingerprint density at radius 1 is 0.950 bits per heavy atom. The van der Waals surface area contributed by atoms with Crippen molar-refractivity contribution in [3.8, 4) is 0 Å². The van der Waals surface area contributed by atoms with Crippen LogP contribution in [0.25, 0.3) is 0 Å². The van der Waals surface area contributed by atoms with Crippen molar-refractivity contribution >= 4 is 0 Å². The molecule has 0 radical (unpaired) electrons. The monoisotopic (exact) mass is 292 g/mol. The minimum atomic E-state index is -4.06. The summed E-state index contributed by atoms with van der Waals surface area (Å²) in [5.74, 6) is 1.61. The highest BCUT2D eigenvalue weighted by atomic mass is 19.4. The minimum absolute atomic E-state index is 0.559. The van der Waals surface area contributed by atoms with Gasteiger partial charge in [0.15, 0.2) is 0 Å². The van der Waals surface area contributed by atoms with Gasteiger partial charge in [-0.1, -0.05) is 13.8 Å². The second-order valence-electron chi connectivity index (χ2n) is 6.74. The molecular weight excluding hydrogens is 265 g/mol. The fourth-order valence-electron chi connectivity index (χ4n) is 3.67. The summed E-state index contributed by atoms with van der Waals surface area (Å²) in [6.07, 6.45) is 0.956. The van der Waals surface area contributed by atoms with Crippen LogP contribution in [-0.4, -0.2) is 54.7 Å². The first-order chi connectivity index (χ1) is 9.35. The molecule has 0 aromatic carbocycles. The molecule has 0 unspecified atom stereocenters. The number of piperazine rings is 1. The highest BCUT2D eigenvalue weighted by molar-refractivity contribution is 4.84. The molecule has 20 heavy (non-hydrogen) atoms. The van der Waals surface area contributed by atoms with Gasteiger partial charge in [-0.25, -0.2) is 0 Å². The molecule has 118 valence electrons. The van der Waals surface area contributed by atoms with Crippen molar-refractivity contribution in [2.24, 2.45) is 11.8 Å². The second kappa shape index (κ2) is 6.65. The molecule has 2 nitrogen and oxygen atoms in total. The van der Waals surface area contributed by atoms with Crippen molar-refractivity contribution in [3.63, 3.8) is 0 Å². The standard InChI is InChI=1S/C15H27F3N2/c1-12(2)13-3-5-14(6-4-13)20-9-7-19(8-10-20)11-15(16,17)18/h12-14H,3-11H2,1-2H3. The summed E-state index contributed by atoms with van der Waals surface area (Å²) in [6.45, 7) is 6.55. The molecule has 1 saturated heterocycles. The van der Waals surface area contributed by atoms with Gasteiger partial charge in [-0.3, -0.25) is 9.80 Å². The third kappa shape index (κ3) is 4.62. The van der Waals surface area contributed by atoms with Crippen LogP contribution in [0.4, 0.5) is 13.2 Å². The van der Waals surface area contributed by atoms with E-state index in [1.54, 1.807) is 0 Å². The summed E-state index contributed by atoms with van der Waals surface area (Å²) in [7, 11) is 0. The molecule has 2 aliphatic rings. The second-order valence-corrected chi connectivity index (χ2v) is 6.74. The molecule has 1 aliphatic heterocycles. The zero-order chi connectivity index (χ0) is 14.8. The topological polar surface area (TPSA) is 6.48 Å². The van der Waals surface area contributed by atoms with Crippen LogP contribution in [0.3, 0.4) is 0 Å². The highest BCUT2D eigenvalue weighted by Crippen LogP contribution is 2.32. The lowest BCUT2D eigenvalue weighted by Crippen LogP contribution is -2.52. The van der Waals surface area contributed by atoms with Gasteiger partial charge in [0.05, 0.1) is 6.54 Å². The molecule has 2 fully saturated rings. The molecule has 5 heteroatoms. The maximum atomic E-state index is 12.4. The third-order valence-corrected chi connectivity index (χ3v) is 5.01. The van der Waals surface area contributed by atoms with Crippen LogP contribution in [0.1, 0.15) is 39.5 Å². The molecule has 1 aliphatic carbocycles. The van der Waals surface area contributed by atoms with Crippen LogP contribution in [-0.2, 0) is 0 Å². The van der Waals surface area contributed by atoms with E-state index in [1.807, 2.05) is 0 Å². The molecule has 0 atom stereocenters. The zero-order valence-electron chi connectivity index (χ0n) is 12.6. The molecule has 0 bridgehead atoms. The summed E-state index contributed by atoms with van der Waals surface area (Å²) in [5.41, 5.74) is 0. The lowest BCUT2D eigenvalue weighted by molar-refractivity contribution is -0.150. The Bertz CT molecular complexity index is 288. The van der Waals surface area contributed by atoms with Gasteiger partial charge >= 0.3 is 6.18 Å². The molecule has 2 rings (SSSR count).